The minimum absolute atomic E-state index is 0.159. The van der Waals surface area contributed by atoms with Crippen LogP contribution in [0.25, 0.3) is 0 Å². The molecule has 2 atom stereocenters. The molecule has 2 aromatic rings. The third-order valence-electron chi connectivity index (χ3n) is 4.89. The lowest BCUT2D eigenvalue weighted by atomic mass is 9.86. The molecule has 3 rings (SSSR count). The molecule has 0 radical (unpaired) electrons. The molecule has 0 saturated carbocycles. The minimum atomic E-state index is -1.14. The van der Waals surface area contributed by atoms with Crippen molar-refractivity contribution in [2.75, 3.05) is 13.7 Å². The number of aryl methyl sites for hydroxylation is 1. The highest BCUT2D eigenvalue weighted by Crippen LogP contribution is 2.36. The van der Waals surface area contributed by atoms with Gasteiger partial charge in [-0.05, 0) is 50.5 Å². The molecule has 1 aromatic heterocycles. The van der Waals surface area contributed by atoms with Gasteiger partial charge in [0.15, 0.2) is 5.76 Å². The third-order valence-corrected chi connectivity index (χ3v) is 4.89. The van der Waals surface area contributed by atoms with Crippen molar-refractivity contribution >= 4 is 5.91 Å². The van der Waals surface area contributed by atoms with E-state index in [1.54, 1.807) is 25.0 Å². The first-order chi connectivity index (χ1) is 11.4. The topological polar surface area (TPSA) is 62.9 Å². The number of aliphatic hydroxyl groups is 1. The minimum Gasteiger partial charge on any atom is -0.497 e. The van der Waals surface area contributed by atoms with E-state index < -0.39 is 5.60 Å². The van der Waals surface area contributed by atoms with Crippen molar-refractivity contribution in [1.82, 2.24) is 4.90 Å². The predicted molar refractivity (Wildman–Crippen MR) is 90.1 cm³/mol. The Morgan fingerprint density at radius 2 is 2.04 bits per heavy atom. The maximum atomic E-state index is 12.8. The van der Waals surface area contributed by atoms with Crippen LogP contribution in [0, 0.1) is 6.92 Å². The molecule has 1 saturated heterocycles. The lowest BCUT2D eigenvalue weighted by molar-refractivity contribution is -0.0186. The Labute approximate surface area is 141 Å². The molecule has 0 aliphatic carbocycles. The molecule has 0 bridgehead atoms. The van der Waals surface area contributed by atoms with Crippen molar-refractivity contribution in [1.29, 1.82) is 0 Å². The number of benzene rings is 1. The van der Waals surface area contributed by atoms with E-state index in [1.807, 2.05) is 31.2 Å². The fourth-order valence-electron chi connectivity index (χ4n) is 3.44. The van der Waals surface area contributed by atoms with E-state index in [4.69, 9.17) is 9.15 Å². The highest BCUT2D eigenvalue weighted by atomic mass is 16.5. The molecule has 5 nitrogen and oxygen atoms in total. The van der Waals surface area contributed by atoms with Gasteiger partial charge in [-0.3, -0.25) is 4.79 Å². The molecular formula is C19H23NO4. The summed E-state index contributed by atoms with van der Waals surface area (Å²) in [6, 6.07) is 8.82. The maximum absolute atomic E-state index is 12.8. The molecule has 2 heterocycles. The van der Waals surface area contributed by atoms with E-state index in [1.165, 1.54) is 6.26 Å². The number of rotatable bonds is 4. The second kappa shape index (κ2) is 6.32. The second-order valence-corrected chi connectivity index (χ2v) is 6.47. The van der Waals surface area contributed by atoms with Crippen molar-refractivity contribution in [2.45, 2.75) is 38.3 Å². The molecule has 0 spiro atoms. The van der Waals surface area contributed by atoms with Crippen LogP contribution in [-0.2, 0) is 5.60 Å². The van der Waals surface area contributed by atoms with Crippen molar-refractivity contribution < 1.29 is 19.1 Å². The molecule has 2 unspecified atom stereocenters. The van der Waals surface area contributed by atoms with Crippen molar-refractivity contribution in [2.24, 2.45) is 0 Å². The van der Waals surface area contributed by atoms with E-state index in [9.17, 15) is 9.90 Å². The molecule has 1 aliphatic rings. The van der Waals surface area contributed by atoms with Gasteiger partial charge in [-0.1, -0.05) is 12.1 Å². The highest BCUT2D eigenvalue weighted by Gasteiger charge is 2.43. The van der Waals surface area contributed by atoms with Crippen molar-refractivity contribution in [3.63, 3.8) is 0 Å². The lowest BCUT2D eigenvalue weighted by Gasteiger charge is -2.36. The van der Waals surface area contributed by atoms with Gasteiger partial charge in [0.1, 0.15) is 11.4 Å². The van der Waals surface area contributed by atoms with Gasteiger partial charge in [-0.2, -0.15) is 0 Å². The Hall–Kier alpha value is -2.27. The number of ether oxygens (including phenoxy) is 1. The first-order valence-electron chi connectivity index (χ1n) is 8.17. The first kappa shape index (κ1) is 16.6. The number of amides is 1. The third kappa shape index (κ3) is 2.80. The Balaban J connectivity index is 1.88. The average Bonchev–Trinajstić information content (AvgIpc) is 3.23. The number of hydrogen-bond donors (Lipinski definition) is 1. The highest BCUT2D eigenvalue weighted by molar-refractivity contribution is 5.93. The van der Waals surface area contributed by atoms with Gasteiger partial charge < -0.3 is 19.2 Å². The van der Waals surface area contributed by atoms with Crippen LogP contribution >= 0.6 is 0 Å². The van der Waals surface area contributed by atoms with Crippen LogP contribution in [0.2, 0.25) is 0 Å². The van der Waals surface area contributed by atoms with E-state index in [-0.39, 0.29) is 11.9 Å². The van der Waals surface area contributed by atoms with Gasteiger partial charge in [-0.15, -0.1) is 0 Å². The van der Waals surface area contributed by atoms with E-state index in [0.717, 1.165) is 29.7 Å². The molecule has 1 fully saturated rings. The van der Waals surface area contributed by atoms with Gasteiger partial charge in [0.25, 0.3) is 5.91 Å². The molecule has 128 valence electrons. The van der Waals surface area contributed by atoms with Crippen LogP contribution in [0.15, 0.2) is 41.0 Å². The number of hydrogen-bond acceptors (Lipinski definition) is 4. The van der Waals surface area contributed by atoms with Crippen LogP contribution in [-0.4, -0.2) is 35.6 Å². The largest absolute Gasteiger partial charge is 0.497 e. The van der Waals surface area contributed by atoms with Crippen LogP contribution in [0.1, 0.15) is 41.4 Å². The van der Waals surface area contributed by atoms with Gasteiger partial charge in [0.05, 0.1) is 19.4 Å². The Morgan fingerprint density at radius 1 is 1.33 bits per heavy atom. The molecule has 5 heteroatoms. The van der Waals surface area contributed by atoms with Crippen molar-refractivity contribution in [3.8, 4) is 5.75 Å². The number of nitrogens with zero attached hydrogens (tertiary/aromatic N) is 1. The van der Waals surface area contributed by atoms with Crippen LogP contribution < -0.4 is 4.74 Å². The number of likely N-dealkylation sites (tertiary alicyclic amines) is 1. The number of furan rings is 1. The predicted octanol–water partition coefficient (Wildman–Crippen LogP) is 3.11. The summed E-state index contributed by atoms with van der Waals surface area (Å²) >= 11 is 0. The number of carbonyl (C=O) groups is 1. The van der Waals surface area contributed by atoms with E-state index in [2.05, 4.69) is 0 Å². The summed E-state index contributed by atoms with van der Waals surface area (Å²) in [4.78, 5) is 14.6. The fraction of sp³-hybridized carbons (Fsp3) is 0.421. The zero-order valence-electron chi connectivity index (χ0n) is 14.3. The summed E-state index contributed by atoms with van der Waals surface area (Å²) in [6.45, 7) is 4.24. The summed E-state index contributed by atoms with van der Waals surface area (Å²) in [5.74, 6) is 0.932. The standard InChI is InChI=1S/C19H23NO4/c1-13-10-12-24-17(13)18(21)20-11-4-5-16(20)19(2,22)14-6-8-15(23-3)9-7-14/h6-10,12,16,22H,4-5,11H2,1-3H3. The molecule has 24 heavy (non-hydrogen) atoms. The normalized spacial score (nSPS) is 20.0. The van der Waals surface area contributed by atoms with Crippen LogP contribution in [0.5, 0.6) is 5.75 Å². The molecule has 1 N–H and O–H groups in total. The Kier molecular flexibility index (Phi) is 4.37. The number of carbonyl (C=O) groups excluding carboxylic acids is 1. The summed E-state index contributed by atoms with van der Waals surface area (Å²) in [5, 5.41) is 11.2. The monoisotopic (exact) mass is 329 g/mol. The van der Waals surface area contributed by atoms with Crippen molar-refractivity contribution in [3.05, 3.63) is 53.5 Å². The summed E-state index contributed by atoms with van der Waals surface area (Å²) in [5.41, 5.74) is 0.442. The zero-order valence-corrected chi connectivity index (χ0v) is 14.3. The Morgan fingerprint density at radius 3 is 2.62 bits per heavy atom. The first-order valence-corrected chi connectivity index (χ1v) is 8.17. The quantitative estimate of drug-likeness (QED) is 0.936. The fourth-order valence-corrected chi connectivity index (χ4v) is 3.44. The average molecular weight is 329 g/mol. The molecule has 1 amide bonds. The summed E-state index contributed by atoms with van der Waals surface area (Å²) in [6.07, 6.45) is 3.14. The number of methoxy groups -OCH3 is 1. The van der Waals surface area contributed by atoms with E-state index in [0.29, 0.717) is 12.3 Å². The van der Waals surface area contributed by atoms with Gasteiger partial charge in [-0.25, -0.2) is 0 Å². The Bertz CT molecular complexity index is 717. The van der Waals surface area contributed by atoms with E-state index >= 15 is 0 Å². The zero-order chi connectivity index (χ0) is 17.3. The van der Waals surface area contributed by atoms with Gasteiger partial charge >= 0.3 is 0 Å². The lowest BCUT2D eigenvalue weighted by Crippen LogP contribution is -2.48. The van der Waals surface area contributed by atoms with Gasteiger partial charge in [0.2, 0.25) is 0 Å². The molecular weight excluding hydrogens is 306 g/mol. The smallest absolute Gasteiger partial charge is 0.290 e. The summed E-state index contributed by atoms with van der Waals surface area (Å²) in [7, 11) is 1.61. The van der Waals surface area contributed by atoms with Crippen LogP contribution in [0.3, 0.4) is 0 Å². The summed E-state index contributed by atoms with van der Waals surface area (Å²) < 4.78 is 10.5. The maximum Gasteiger partial charge on any atom is 0.290 e. The SMILES string of the molecule is COc1ccc(C(C)(O)C2CCCN2C(=O)c2occc2C)cc1. The molecule has 1 aliphatic heterocycles. The molecule has 1 aromatic carbocycles. The van der Waals surface area contributed by atoms with Crippen LogP contribution in [0.4, 0.5) is 0 Å². The van der Waals surface area contributed by atoms with Gasteiger partial charge in [0, 0.05) is 12.1 Å². The second-order valence-electron chi connectivity index (χ2n) is 6.47.